The molecule has 2 aromatic rings. The molecule has 4 amide bonds. The highest BCUT2D eigenvalue weighted by molar-refractivity contribution is 6.22. The van der Waals surface area contributed by atoms with Crippen LogP contribution in [0.5, 0.6) is 5.75 Å². The van der Waals surface area contributed by atoms with Gasteiger partial charge in [-0.1, -0.05) is 0 Å². The van der Waals surface area contributed by atoms with E-state index >= 15 is 0 Å². The molecule has 2 aliphatic heterocycles. The summed E-state index contributed by atoms with van der Waals surface area (Å²) in [6.45, 7) is 8.82. The molecule has 0 spiro atoms. The van der Waals surface area contributed by atoms with Crippen LogP contribution in [0.3, 0.4) is 0 Å². The van der Waals surface area contributed by atoms with Crippen molar-refractivity contribution < 1.29 is 33.4 Å². The Morgan fingerprint density at radius 2 is 1.54 bits per heavy atom. The fraction of sp³-hybridized carbons (Fsp3) is 0.414. The first kappa shape index (κ1) is 27.8. The Bertz CT molecular complexity index is 1290. The van der Waals surface area contributed by atoms with Crippen LogP contribution in [0.1, 0.15) is 82.0 Å². The van der Waals surface area contributed by atoms with E-state index in [0.29, 0.717) is 42.1 Å². The number of ether oxygens (including phenoxy) is 2. The van der Waals surface area contributed by atoms with E-state index in [-0.39, 0.29) is 35.8 Å². The normalized spacial score (nSPS) is 15.7. The number of hydrogen-bond acceptors (Lipinski definition) is 7. The predicted octanol–water partition coefficient (Wildman–Crippen LogP) is 3.90. The maximum Gasteiger partial charge on any atom is 0.513 e. The van der Waals surface area contributed by atoms with Gasteiger partial charge >= 0.3 is 6.16 Å². The minimum absolute atomic E-state index is 0.109. The fourth-order valence-corrected chi connectivity index (χ4v) is 4.76. The van der Waals surface area contributed by atoms with Gasteiger partial charge in [0.05, 0.1) is 17.7 Å². The standard InChI is InChI=1S/C29H33N3O7/c1-5-38-28(37)39-21-9-6-19(7-10-21)25(34)31-14-12-18(13-15-31)17-30-24(33)20-8-11-22-23(16-20)27(36)32(26(22)35)29(2,3)4/h6-11,16,18H,5,12-15,17H2,1-4H3,(H,30,33). The van der Waals surface area contributed by atoms with Gasteiger partial charge in [0.25, 0.3) is 23.6 Å². The molecule has 2 aliphatic rings. The van der Waals surface area contributed by atoms with Crippen LogP contribution in [0.25, 0.3) is 0 Å². The van der Waals surface area contributed by atoms with E-state index in [1.165, 1.54) is 17.0 Å². The van der Waals surface area contributed by atoms with Crippen LogP contribution in [0.15, 0.2) is 42.5 Å². The van der Waals surface area contributed by atoms with E-state index in [4.69, 9.17) is 9.47 Å². The largest absolute Gasteiger partial charge is 0.513 e. The maximum absolute atomic E-state index is 12.9. The third-order valence-electron chi connectivity index (χ3n) is 6.84. The van der Waals surface area contributed by atoms with Crippen LogP contribution >= 0.6 is 0 Å². The Morgan fingerprint density at radius 3 is 2.15 bits per heavy atom. The monoisotopic (exact) mass is 535 g/mol. The van der Waals surface area contributed by atoms with Gasteiger partial charge < -0.3 is 19.7 Å². The van der Waals surface area contributed by atoms with Gasteiger partial charge in [0.1, 0.15) is 5.75 Å². The van der Waals surface area contributed by atoms with E-state index in [9.17, 15) is 24.0 Å². The number of amides is 4. The van der Waals surface area contributed by atoms with Gasteiger partial charge in [-0.15, -0.1) is 0 Å². The number of fused-ring (bicyclic) bond motifs is 1. The van der Waals surface area contributed by atoms with Gasteiger partial charge in [-0.2, -0.15) is 0 Å². The molecule has 1 fully saturated rings. The number of carbonyl (C=O) groups excluding carboxylic acids is 5. The fourth-order valence-electron chi connectivity index (χ4n) is 4.76. The molecule has 0 saturated carbocycles. The molecule has 0 radical (unpaired) electrons. The molecule has 0 aliphatic carbocycles. The van der Waals surface area contributed by atoms with Crippen molar-refractivity contribution in [1.82, 2.24) is 15.1 Å². The van der Waals surface area contributed by atoms with Gasteiger partial charge in [0.15, 0.2) is 0 Å². The van der Waals surface area contributed by atoms with Gasteiger partial charge in [-0.25, -0.2) is 4.79 Å². The molecule has 10 heteroatoms. The quantitative estimate of drug-likeness (QED) is 0.338. The summed E-state index contributed by atoms with van der Waals surface area (Å²) < 4.78 is 9.76. The predicted molar refractivity (Wildman–Crippen MR) is 142 cm³/mol. The molecule has 206 valence electrons. The first-order chi connectivity index (χ1) is 18.5. The molecular weight excluding hydrogens is 502 g/mol. The van der Waals surface area contributed by atoms with E-state index < -0.39 is 17.6 Å². The first-order valence-electron chi connectivity index (χ1n) is 13.0. The highest BCUT2D eigenvalue weighted by Gasteiger charge is 2.42. The Kier molecular flexibility index (Phi) is 8.03. The number of benzene rings is 2. The lowest BCUT2D eigenvalue weighted by molar-refractivity contribution is 0.0506. The lowest BCUT2D eigenvalue weighted by Gasteiger charge is -2.32. The van der Waals surface area contributed by atoms with Crippen LogP contribution in [-0.4, -0.2) is 71.4 Å². The summed E-state index contributed by atoms with van der Waals surface area (Å²) in [6.07, 6.45) is 0.666. The van der Waals surface area contributed by atoms with Crippen molar-refractivity contribution in [1.29, 1.82) is 0 Å². The number of nitrogens with zero attached hydrogens (tertiary/aromatic N) is 2. The van der Waals surface area contributed by atoms with E-state index in [0.717, 1.165) is 12.8 Å². The molecule has 2 aromatic carbocycles. The average Bonchev–Trinajstić information content (AvgIpc) is 3.17. The molecule has 10 nitrogen and oxygen atoms in total. The zero-order valence-electron chi connectivity index (χ0n) is 22.6. The maximum atomic E-state index is 12.9. The molecule has 2 heterocycles. The molecule has 1 saturated heterocycles. The summed E-state index contributed by atoms with van der Waals surface area (Å²) >= 11 is 0. The van der Waals surface area contributed by atoms with Crippen molar-refractivity contribution in [3.05, 3.63) is 64.7 Å². The van der Waals surface area contributed by atoms with Crippen molar-refractivity contribution in [3.63, 3.8) is 0 Å². The summed E-state index contributed by atoms with van der Waals surface area (Å²) in [5.41, 5.74) is 0.717. The molecule has 0 aromatic heterocycles. The molecule has 1 N–H and O–H groups in total. The number of imide groups is 1. The lowest BCUT2D eigenvalue weighted by Crippen LogP contribution is -2.45. The smallest absolute Gasteiger partial charge is 0.434 e. The van der Waals surface area contributed by atoms with Gasteiger partial charge in [0, 0.05) is 36.3 Å². The topological polar surface area (TPSA) is 122 Å². The van der Waals surface area contributed by atoms with E-state index in [1.54, 1.807) is 62.9 Å². The number of likely N-dealkylation sites (tertiary alicyclic amines) is 1. The number of piperidine rings is 1. The van der Waals surface area contributed by atoms with Crippen molar-refractivity contribution in [3.8, 4) is 5.75 Å². The minimum Gasteiger partial charge on any atom is -0.434 e. The second-order valence-electron chi connectivity index (χ2n) is 10.6. The zero-order valence-corrected chi connectivity index (χ0v) is 22.6. The summed E-state index contributed by atoms with van der Waals surface area (Å²) in [4.78, 5) is 65.6. The van der Waals surface area contributed by atoms with E-state index in [1.807, 2.05) is 0 Å². The number of hydrogen-bond donors (Lipinski definition) is 1. The molecule has 39 heavy (non-hydrogen) atoms. The third kappa shape index (κ3) is 6.10. The van der Waals surface area contributed by atoms with Crippen molar-refractivity contribution in [2.45, 2.75) is 46.1 Å². The molecule has 0 unspecified atom stereocenters. The Hall–Kier alpha value is -4.21. The Morgan fingerprint density at radius 1 is 0.923 bits per heavy atom. The van der Waals surface area contributed by atoms with Crippen LogP contribution in [0.2, 0.25) is 0 Å². The summed E-state index contributed by atoms with van der Waals surface area (Å²) in [7, 11) is 0. The third-order valence-corrected chi connectivity index (χ3v) is 6.84. The van der Waals surface area contributed by atoms with Crippen molar-refractivity contribution in [2.75, 3.05) is 26.2 Å². The summed E-state index contributed by atoms with van der Waals surface area (Å²) in [5.74, 6) is -0.664. The second kappa shape index (κ2) is 11.3. The SMILES string of the molecule is CCOC(=O)Oc1ccc(C(=O)N2CCC(CNC(=O)c3ccc4c(c3)C(=O)N(C(C)(C)C)C4=O)CC2)cc1. The molecule has 0 bridgehead atoms. The van der Waals surface area contributed by atoms with Crippen LogP contribution in [0, 0.1) is 5.92 Å². The minimum atomic E-state index is -0.794. The van der Waals surface area contributed by atoms with E-state index in [2.05, 4.69) is 5.32 Å². The first-order valence-corrected chi connectivity index (χ1v) is 13.0. The van der Waals surface area contributed by atoms with Gasteiger partial charge in [-0.3, -0.25) is 24.1 Å². The van der Waals surface area contributed by atoms with Gasteiger partial charge in [0.2, 0.25) is 0 Å². The summed E-state index contributed by atoms with van der Waals surface area (Å²) in [5, 5.41) is 2.93. The number of rotatable bonds is 6. The average molecular weight is 536 g/mol. The van der Waals surface area contributed by atoms with Crippen molar-refractivity contribution in [2.24, 2.45) is 5.92 Å². The zero-order chi connectivity index (χ0) is 28.3. The highest BCUT2D eigenvalue weighted by Crippen LogP contribution is 2.30. The highest BCUT2D eigenvalue weighted by atomic mass is 16.7. The number of nitrogens with one attached hydrogen (secondary N) is 1. The van der Waals surface area contributed by atoms with Crippen LogP contribution < -0.4 is 10.1 Å². The van der Waals surface area contributed by atoms with Crippen LogP contribution in [-0.2, 0) is 4.74 Å². The summed E-state index contributed by atoms with van der Waals surface area (Å²) in [6, 6.07) is 10.9. The molecule has 0 atom stereocenters. The Balaban J connectivity index is 1.27. The Labute approximate surface area is 227 Å². The van der Waals surface area contributed by atoms with Gasteiger partial charge in [-0.05, 0) is 88.9 Å². The second-order valence-corrected chi connectivity index (χ2v) is 10.6. The molecule has 4 rings (SSSR count). The lowest BCUT2D eigenvalue weighted by atomic mass is 9.96. The van der Waals surface area contributed by atoms with Crippen molar-refractivity contribution >= 4 is 29.8 Å². The van der Waals surface area contributed by atoms with Crippen LogP contribution in [0.4, 0.5) is 4.79 Å². The number of carbonyl (C=O) groups is 5. The molecular formula is C29H33N3O7.